The molecule has 2 unspecified atom stereocenters. The molecule has 2 saturated carbocycles. The highest BCUT2D eigenvalue weighted by atomic mass is 16.5. The van der Waals surface area contributed by atoms with Crippen LogP contribution in [0.4, 0.5) is 0 Å². The van der Waals surface area contributed by atoms with Gasteiger partial charge in [0.15, 0.2) is 0 Å². The summed E-state index contributed by atoms with van der Waals surface area (Å²) in [6, 6.07) is 0.756. The fourth-order valence-electron chi connectivity index (χ4n) is 3.52. The molecule has 0 aromatic carbocycles. The molecular formula is C16H31NO. The van der Waals surface area contributed by atoms with Gasteiger partial charge in [-0.15, -0.1) is 0 Å². The summed E-state index contributed by atoms with van der Waals surface area (Å²) in [6.07, 6.45) is 14.3. The van der Waals surface area contributed by atoms with E-state index in [0.717, 1.165) is 25.1 Å². The van der Waals surface area contributed by atoms with Crippen molar-refractivity contribution in [3.05, 3.63) is 0 Å². The Labute approximate surface area is 113 Å². The summed E-state index contributed by atoms with van der Waals surface area (Å²) in [4.78, 5) is 0. The van der Waals surface area contributed by atoms with Crippen molar-refractivity contribution in [3.63, 3.8) is 0 Å². The number of ether oxygens (including phenoxy) is 1. The van der Waals surface area contributed by atoms with E-state index in [1.54, 1.807) is 0 Å². The van der Waals surface area contributed by atoms with E-state index in [0.29, 0.717) is 6.10 Å². The summed E-state index contributed by atoms with van der Waals surface area (Å²) in [5.41, 5.74) is 0. The maximum Gasteiger partial charge on any atom is 0.0594 e. The van der Waals surface area contributed by atoms with E-state index in [4.69, 9.17) is 4.74 Å². The third-order valence-corrected chi connectivity index (χ3v) is 4.63. The molecule has 2 atom stereocenters. The fourth-order valence-corrected chi connectivity index (χ4v) is 3.52. The number of hydrogen-bond acceptors (Lipinski definition) is 2. The quantitative estimate of drug-likeness (QED) is 0.593. The first kappa shape index (κ1) is 14.3. The van der Waals surface area contributed by atoms with Gasteiger partial charge in [-0.3, -0.25) is 0 Å². The zero-order chi connectivity index (χ0) is 12.6. The van der Waals surface area contributed by atoms with Crippen LogP contribution in [0.3, 0.4) is 0 Å². The average molecular weight is 253 g/mol. The summed E-state index contributed by atoms with van der Waals surface area (Å²) < 4.78 is 6.02. The maximum atomic E-state index is 6.02. The van der Waals surface area contributed by atoms with Crippen LogP contribution in [0.25, 0.3) is 0 Å². The van der Waals surface area contributed by atoms with Gasteiger partial charge < -0.3 is 10.1 Å². The van der Waals surface area contributed by atoms with Crippen LogP contribution >= 0.6 is 0 Å². The van der Waals surface area contributed by atoms with Gasteiger partial charge in [0, 0.05) is 12.6 Å². The van der Waals surface area contributed by atoms with Gasteiger partial charge in [-0.2, -0.15) is 0 Å². The Morgan fingerprint density at radius 2 is 1.72 bits per heavy atom. The van der Waals surface area contributed by atoms with Crippen LogP contribution in [-0.2, 0) is 4.74 Å². The van der Waals surface area contributed by atoms with Gasteiger partial charge in [-0.1, -0.05) is 45.4 Å². The average Bonchev–Trinajstić information content (AvgIpc) is 2.63. The molecule has 2 aliphatic rings. The Hall–Kier alpha value is -0.0800. The van der Waals surface area contributed by atoms with Crippen molar-refractivity contribution < 1.29 is 4.74 Å². The summed E-state index contributed by atoms with van der Waals surface area (Å²) in [5.74, 6) is 0.916. The highest BCUT2D eigenvalue weighted by Gasteiger charge is 2.18. The van der Waals surface area contributed by atoms with Gasteiger partial charge in [0.25, 0.3) is 0 Å². The van der Waals surface area contributed by atoms with E-state index in [-0.39, 0.29) is 0 Å². The van der Waals surface area contributed by atoms with Crippen LogP contribution in [0.1, 0.15) is 71.1 Å². The Balaban J connectivity index is 1.52. The van der Waals surface area contributed by atoms with Crippen LogP contribution in [0.15, 0.2) is 0 Å². The van der Waals surface area contributed by atoms with Crippen molar-refractivity contribution in [1.29, 1.82) is 0 Å². The molecule has 0 saturated heterocycles. The Kier molecular flexibility index (Phi) is 6.50. The van der Waals surface area contributed by atoms with Crippen molar-refractivity contribution >= 4 is 0 Å². The largest absolute Gasteiger partial charge is 0.377 e. The Morgan fingerprint density at radius 3 is 2.44 bits per heavy atom. The lowest BCUT2D eigenvalue weighted by molar-refractivity contribution is 0.0432. The molecule has 1 N–H and O–H groups in total. The summed E-state index contributed by atoms with van der Waals surface area (Å²) in [7, 11) is 0. The smallest absolute Gasteiger partial charge is 0.0594 e. The second kappa shape index (κ2) is 8.16. The predicted octanol–water partition coefficient (Wildman–Crippen LogP) is 3.89. The van der Waals surface area contributed by atoms with Gasteiger partial charge in [-0.05, 0) is 31.6 Å². The van der Waals surface area contributed by atoms with E-state index in [9.17, 15) is 0 Å². The molecule has 0 spiro atoms. The van der Waals surface area contributed by atoms with Crippen molar-refractivity contribution in [3.8, 4) is 0 Å². The molecule has 0 aliphatic heterocycles. The van der Waals surface area contributed by atoms with E-state index in [1.165, 1.54) is 64.2 Å². The molecule has 18 heavy (non-hydrogen) atoms. The molecule has 106 valence electrons. The van der Waals surface area contributed by atoms with Gasteiger partial charge in [-0.25, -0.2) is 0 Å². The van der Waals surface area contributed by atoms with Crippen LogP contribution in [0, 0.1) is 5.92 Å². The molecule has 2 fully saturated rings. The summed E-state index contributed by atoms with van der Waals surface area (Å²) >= 11 is 0. The lowest BCUT2D eigenvalue weighted by Crippen LogP contribution is -2.36. The molecule has 2 rings (SSSR count). The van der Waals surface area contributed by atoms with Crippen LogP contribution < -0.4 is 5.32 Å². The lowest BCUT2D eigenvalue weighted by Gasteiger charge is -2.27. The van der Waals surface area contributed by atoms with E-state index in [1.807, 2.05) is 0 Å². The highest BCUT2D eigenvalue weighted by molar-refractivity contribution is 4.75. The maximum absolute atomic E-state index is 6.02. The first-order valence-electron chi connectivity index (χ1n) is 8.19. The summed E-state index contributed by atoms with van der Waals surface area (Å²) in [5, 5.41) is 3.68. The molecule has 0 aromatic rings. The molecule has 0 amide bonds. The monoisotopic (exact) mass is 253 g/mol. The van der Waals surface area contributed by atoms with Crippen molar-refractivity contribution in [2.24, 2.45) is 5.92 Å². The second-order valence-electron chi connectivity index (χ2n) is 6.41. The molecule has 2 heteroatoms. The molecule has 0 aromatic heterocycles. The highest BCUT2D eigenvalue weighted by Crippen LogP contribution is 2.23. The number of hydrogen-bond donors (Lipinski definition) is 1. The third-order valence-electron chi connectivity index (χ3n) is 4.63. The number of nitrogens with one attached hydrogen (secondary N) is 1. The fraction of sp³-hybridized carbons (Fsp3) is 1.00. The minimum Gasteiger partial charge on any atom is -0.377 e. The Morgan fingerprint density at radius 1 is 0.944 bits per heavy atom. The zero-order valence-corrected chi connectivity index (χ0v) is 12.1. The van der Waals surface area contributed by atoms with Gasteiger partial charge in [0.2, 0.25) is 0 Å². The lowest BCUT2D eigenvalue weighted by atomic mass is 9.87. The van der Waals surface area contributed by atoms with Crippen LogP contribution in [0.2, 0.25) is 0 Å². The zero-order valence-electron chi connectivity index (χ0n) is 12.1. The van der Waals surface area contributed by atoms with E-state index in [2.05, 4.69) is 12.2 Å². The van der Waals surface area contributed by atoms with Crippen LogP contribution in [0.5, 0.6) is 0 Å². The third kappa shape index (κ3) is 5.27. The van der Waals surface area contributed by atoms with E-state index < -0.39 is 0 Å². The van der Waals surface area contributed by atoms with Gasteiger partial charge >= 0.3 is 0 Å². The first-order chi connectivity index (χ1) is 8.84. The molecule has 0 radical (unpaired) electrons. The predicted molar refractivity (Wildman–Crippen MR) is 76.9 cm³/mol. The van der Waals surface area contributed by atoms with Gasteiger partial charge in [0.1, 0.15) is 0 Å². The molecule has 0 heterocycles. The minimum absolute atomic E-state index is 0.555. The van der Waals surface area contributed by atoms with Gasteiger partial charge in [0.05, 0.1) is 12.7 Å². The topological polar surface area (TPSA) is 21.3 Å². The van der Waals surface area contributed by atoms with E-state index >= 15 is 0 Å². The van der Waals surface area contributed by atoms with Crippen molar-refractivity contribution in [2.75, 3.05) is 13.2 Å². The first-order valence-corrected chi connectivity index (χ1v) is 8.19. The minimum atomic E-state index is 0.555. The molecular weight excluding hydrogens is 222 g/mol. The second-order valence-corrected chi connectivity index (χ2v) is 6.41. The van der Waals surface area contributed by atoms with Crippen LogP contribution in [-0.4, -0.2) is 25.3 Å². The normalized spacial score (nSPS) is 31.2. The molecule has 2 nitrogen and oxygen atoms in total. The molecule has 2 aliphatic carbocycles. The number of rotatable bonds is 5. The SMILES string of the molecule is CC1CCCC(NCCOC2CCCCCC2)C1. The standard InChI is InChI=1S/C16H31NO/c1-14-7-6-8-15(13-14)17-11-12-18-16-9-4-2-3-5-10-16/h14-17H,2-13H2,1H3. The van der Waals surface area contributed by atoms with Crippen molar-refractivity contribution in [2.45, 2.75) is 83.3 Å². The molecule has 0 bridgehead atoms. The Bertz CT molecular complexity index is 207. The summed E-state index contributed by atoms with van der Waals surface area (Å²) in [6.45, 7) is 4.35. The van der Waals surface area contributed by atoms with Crippen molar-refractivity contribution in [1.82, 2.24) is 5.32 Å².